The van der Waals surface area contributed by atoms with Crippen molar-refractivity contribution in [1.29, 1.82) is 0 Å². The van der Waals surface area contributed by atoms with Crippen LogP contribution in [0.15, 0.2) is 54.7 Å². The highest BCUT2D eigenvalue weighted by Crippen LogP contribution is 2.46. The van der Waals surface area contributed by atoms with Gasteiger partial charge in [-0.1, -0.05) is 37.1 Å². The highest BCUT2D eigenvalue weighted by atomic mass is 32.2. The van der Waals surface area contributed by atoms with Crippen molar-refractivity contribution in [2.45, 2.75) is 86.8 Å². The molecular weight excluding hydrogens is 766 g/mol. The normalized spacial score (nSPS) is 26.3. The zero-order valence-electron chi connectivity index (χ0n) is 30.4. The van der Waals surface area contributed by atoms with Gasteiger partial charge in [-0.15, -0.1) is 11.3 Å². The number of hydrogen-bond acceptors (Lipinski definition) is 12. The van der Waals surface area contributed by atoms with Crippen LogP contribution >= 0.6 is 11.3 Å². The summed E-state index contributed by atoms with van der Waals surface area (Å²) in [4.78, 5) is 71.0. The van der Waals surface area contributed by atoms with Gasteiger partial charge in [0.25, 0.3) is 5.91 Å². The second-order valence-electron chi connectivity index (χ2n) is 14.7. The molecule has 0 unspecified atom stereocenters. The third-order valence-corrected chi connectivity index (χ3v) is 13.7. The summed E-state index contributed by atoms with van der Waals surface area (Å²) in [6.07, 6.45) is 7.88. The van der Waals surface area contributed by atoms with Gasteiger partial charge in [-0.25, -0.2) is 27.6 Å². The molecule has 294 valence electrons. The van der Waals surface area contributed by atoms with Gasteiger partial charge >= 0.3 is 6.09 Å². The number of carbonyl (C=O) groups excluding carboxylic acids is 4. The molecule has 3 fully saturated rings. The minimum absolute atomic E-state index is 0.0367. The number of ether oxygens (including phenoxy) is 2. The van der Waals surface area contributed by atoms with Crippen molar-refractivity contribution >= 4 is 65.6 Å². The second kappa shape index (κ2) is 15.0. The van der Waals surface area contributed by atoms with E-state index in [1.807, 2.05) is 18.2 Å². The van der Waals surface area contributed by atoms with Crippen molar-refractivity contribution in [3.8, 4) is 17.3 Å². The number of sulfonamides is 1. The van der Waals surface area contributed by atoms with Crippen molar-refractivity contribution in [3.05, 3.63) is 60.6 Å². The summed E-state index contributed by atoms with van der Waals surface area (Å²) in [7, 11) is -2.73. The Bertz CT molecular complexity index is 2370. The summed E-state index contributed by atoms with van der Waals surface area (Å²) in [5.41, 5.74) is -0.602. The summed E-state index contributed by atoms with van der Waals surface area (Å²) in [5.74, 6) is -2.64. The monoisotopic (exact) mass is 805 g/mol. The third-order valence-electron chi connectivity index (χ3n) is 10.7. The van der Waals surface area contributed by atoms with Crippen LogP contribution in [0.5, 0.6) is 5.88 Å². The number of carbonyl (C=O) groups is 4. The fourth-order valence-corrected chi connectivity index (χ4v) is 9.88. The molecule has 0 bridgehead atoms. The number of halogens is 1. The Balaban J connectivity index is 1.15. The molecule has 3 aromatic heterocycles. The highest BCUT2D eigenvalue weighted by Gasteiger charge is 2.62. The van der Waals surface area contributed by atoms with Crippen LogP contribution < -0.4 is 20.1 Å². The molecule has 1 saturated heterocycles. The molecule has 15 nitrogen and oxygen atoms in total. The van der Waals surface area contributed by atoms with Gasteiger partial charge < -0.3 is 25.0 Å². The Labute approximate surface area is 325 Å². The molecule has 4 aliphatic rings. The van der Waals surface area contributed by atoms with E-state index in [2.05, 4.69) is 20.3 Å². The molecule has 0 radical (unpaired) electrons. The molecular formula is C38H40FN7O8S2. The van der Waals surface area contributed by atoms with E-state index in [0.29, 0.717) is 46.3 Å². The molecule has 0 spiro atoms. The number of alkyl carbamates (subject to hydrolysis) is 1. The first-order valence-corrected chi connectivity index (χ1v) is 21.0. The van der Waals surface area contributed by atoms with Crippen molar-refractivity contribution in [2.24, 2.45) is 5.92 Å². The highest BCUT2D eigenvalue weighted by molar-refractivity contribution is 7.91. The summed E-state index contributed by atoms with van der Waals surface area (Å²) < 4.78 is 54.2. The maximum Gasteiger partial charge on any atom is 0.407 e. The predicted molar refractivity (Wildman–Crippen MR) is 203 cm³/mol. The Morgan fingerprint density at radius 1 is 1.09 bits per heavy atom. The number of methoxy groups -OCH3 is 1. The van der Waals surface area contributed by atoms with Crippen molar-refractivity contribution in [2.75, 3.05) is 13.7 Å². The first-order valence-electron chi connectivity index (χ1n) is 18.6. The molecule has 2 aliphatic carbocycles. The number of allylic oxidation sites excluding steroid dienone is 1. The lowest BCUT2D eigenvalue weighted by Crippen LogP contribution is -2.58. The number of nitrogens with one attached hydrogen (secondary N) is 3. The molecule has 5 heterocycles. The largest absolute Gasteiger partial charge is 0.471 e. The summed E-state index contributed by atoms with van der Waals surface area (Å²) in [6.45, 7) is -0.0984. The van der Waals surface area contributed by atoms with Crippen LogP contribution in [0.2, 0.25) is 0 Å². The van der Waals surface area contributed by atoms with E-state index in [-0.39, 0.29) is 37.5 Å². The van der Waals surface area contributed by atoms with Gasteiger partial charge in [0.15, 0.2) is 5.82 Å². The van der Waals surface area contributed by atoms with Crippen molar-refractivity contribution < 1.29 is 41.5 Å². The quantitative estimate of drug-likeness (QED) is 0.227. The van der Waals surface area contributed by atoms with E-state index in [9.17, 15) is 32.0 Å². The summed E-state index contributed by atoms with van der Waals surface area (Å²) in [5, 5.41) is 5.57. The molecule has 2 saturated carbocycles. The number of fused-ring (bicyclic) bond motifs is 5. The smallest absolute Gasteiger partial charge is 0.407 e. The first-order chi connectivity index (χ1) is 27.0. The van der Waals surface area contributed by atoms with Crippen LogP contribution in [0.3, 0.4) is 0 Å². The van der Waals surface area contributed by atoms with Crippen LogP contribution in [-0.4, -0.2) is 94.7 Å². The number of pyridine rings is 1. The Kier molecular flexibility index (Phi) is 10.1. The fourth-order valence-electron chi connectivity index (χ4n) is 7.50. The SMILES string of the molecule is COC(=O)N[C@H]1CCCCC/C=C\[C@H]2C[C@@]2(C(=O)NS(=O)(=O)C2CC2)NC(=O)[C@@H]2C[C@@H](Oc3nc(-c4cccc(F)c4)nc4c3sc3ncccc34)CN2C1=O. The minimum Gasteiger partial charge on any atom is -0.471 e. The van der Waals surface area contributed by atoms with E-state index in [1.54, 1.807) is 24.4 Å². The van der Waals surface area contributed by atoms with Crippen molar-refractivity contribution in [3.63, 3.8) is 0 Å². The fraction of sp³-hybridized carbons (Fsp3) is 0.447. The zero-order chi connectivity index (χ0) is 39.2. The van der Waals surface area contributed by atoms with Crippen LogP contribution in [-0.2, 0) is 29.1 Å². The number of amides is 4. The first kappa shape index (κ1) is 37.7. The summed E-state index contributed by atoms with van der Waals surface area (Å²) in [6, 6.07) is 7.26. The number of benzene rings is 1. The van der Waals surface area contributed by atoms with Crippen LogP contribution in [0, 0.1) is 11.7 Å². The van der Waals surface area contributed by atoms with Gasteiger partial charge in [0.05, 0.1) is 24.4 Å². The lowest BCUT2D eigenvalue weighted by atomic mass is 10.1. The molecule has 3 N–H and O–H groups in total. The predicted octanol–water partition coefficient (Wildman–Crippen LogP) is 4.12. The summed E-state index contributed by atoms with van der Waals surface area (Å²) >= 11 is 1.30. The molecule has 4 amide bonds. The van der Waals surface area contributed by atoms with E-state index in [1.165, 1.54) is 35.5 Å². The van der Waals surface area contributed by atoms with E-state index < -0.39 is 74.5 Å². The Hall–Kier alpha value is -5.23. The maximum atomic E-state index is 14.4. The minimum atomic E-state index is -3.92. The molecule has 5 atom stereocenters. The molecule has 4 aromatic rings. The van der Waals surface area contributed by atoms with Gasteiger partial charge in [-0.3, -0.25) is 19.1 Å². The van der Waals surface area contributed by atoms with Gasteiger partial charge in [-0.2, -0.15) is 4.98 Å². The third kappa shape index (κ3) is 7.51. The second-order valence-corrected chi connectivity index (χ2v) is 17.6. The molecule has 18 heteroatoms. The number of aromatic nitrogens is 3. The maximum absolute atomic E-state index is 14.4. The van der Waals surface area contributed by atoms with Gasteiger partial charge in [0.2, 0.25) is 27.7 Å². The van der Waals surface area contributed by atoms with Crippen molar-refractivity contribution in [1.82, 2.24) is 35.2 Å². The standard InChI is InChI=1S/C38H40FN7O8S2/c1-53-37(50)41-27-13-6-4-2-3-5-10-22-19-38(22,36(49)45-56(51,52)25-14-15-25)44-32(47)28-18-24(20-46(28)35(27)48)54-33-30-29(26-12-8-16-40-34(26)55-30)42-31(43-33)21-9-7-11-23(39)17-21/h5,7-12,16-17,22,24-25,27-28H,2-4,6,13-15,18-20H2,1H3,(H,41,50)(H,44,47)(H,45,49)/b10-5-/t22-,24+,27-,28-,38+/m0/s1. The topological polar surface area (TPSA) is 199 Å². The van der Waals surface area contributed by atoms with Gasteiger partial charge in [-0.05, 0) is 62.8 Å². The molecule has 1 aromatic carbocycles. The lowest BCUT2D eigenvalue weighted by molar-refractivity contribution is -0.141. The molecule has 8 rings (SSSR count). The van der Waals surface area contributed by atoms with E-state index >= 15 is 0 Å². The number of hydrogen-bond donors (Lipinski definition) is 3. The van der Waals surface area contributed by atoms with Crippen LogP contribution in [0.25, 0.3) is 31.8 Å². The average molecular weight is 806 g/mol. The van der Waals surface area contributed by atoms with E-state index in [4.69, 9.17) is 19.4 Å². The van der Waals surface area contributed by atoms with Crippen LogP contribution in [0.4, 0.5) is 9.18 Å². The van der Waals surface area contributed by atoms with Gasteiger partial charge in [0, 0.05) is 29.5 Å². The Morgan fingerprint density at radius 2 is 1.93 bits per heavy atom. The van der Waals surface area contributed by atoms with Gasteiger partial charge in [0.1, 0.15) is 39.1 Å². The average Bonchev–Trinajstić information content (AvgIpc) is 4.08. The van der Waals surface area contributed by atoms with E-state index in [0.717, 1.165) is 18.2 Å². The Morgan fingerprint density at radius 3 is 2.71 bits per heavy atom. The zero-order valence-corrected chi connectivity index (χ0v) is 32.0. The molecule has 56 heavy (non-hydrogen) atoms. The molecule has 2 aliphatic heterocycles. The van der Waals surface area contributed by atoms with Crippen LogP contribution in [0.1, 0.15) is 57.8 Å². The number of nitrogens with zero attached hydrogens (tertiary/aromatic N) is 4. The number of rotatable bonds is 7. The number of thiophene rings is 1. The lowest BCUT2D eigenvalue weighted by Gasteiger charge is -2.29.